The van der Waals surface area contributed by atoms with Gasteiger partial charge in [-0.3, -0.25) is 0 Å². The highest BCUT2D eigenvalue weighted by atomic mass is 35.5. The SMILES string of the molecule is CCCC(C)OC(=O)c1c(Cl)c(Cl)cc(S(N)(=O)=O)c1Cl. The van der Waals surface area contributed by atoms with E-state index in [-0.39, 0.29) is 21.7 Å². The van der Waals surface area contributed by atoms with Gasteiger partial charge in [0.1, 0.15) is 4.90 Å². The summed E-state index contributed by atoms with van der Waals surface area (Å²) in [6.07, 6.45) is 1.09. The van der Waals surface area contributed by atoms with Gasteiger partial charge in [0.15, 0.2) is 0 Å². The first-order valence-electron chi connectivity index (χ1n) is 6.00. The molecule has 0 saturated heterocycles. The second kappa shape index (κ2) is 7.15. The van der Waals surface area contributed by atoms with E-state index in [2.05, 4.69) is 0 Å². The Bertz CT molecular complexity index is 661. The molecule has 0 aromatic heterocycles. The summed E-state index contributed by atoms with van der Waals surface area (Å²) in [5.41, 5.74) is -0.308. The Morgan fingerprint density at radius 1 is 1.33 bits per heavy atom. The summed E-state index contributed by atoms with van der Waals surface area (Å²) in [5.74, 6) is -0.849. The van der Waals surface area contributed by atoms with Crippen LogP contribution >= 0.6 is 34.8 Å². The molecular formula is C12H14Cl3NO4S. The van der Waals surface area contributed by atoms with E-state index in [0.717, 1.165) is 12.5 Å². The minimum atomic E-state index is -4.15. The van der Waals surface area contributed by atoms with Gasteiger partial charge in [0.2, 0.25) is 10.0 Å². The maximum atomic E-state index is 12.1. The van der Waals surface area contributed by atoms with E-state index >= 15 is 0 Å². The van der Waals surface area contributed by atoms with Crippen molar-refractivity contribution in [1.29, 1.82) is 0 Å². The minimum Gasteiger partial charge on any atom is -0.459 e. The first-order chi connectivity index (χ1) is 9.59. The van der Waals surface area contributed by atoms with Crippen molar-refractivity contribution in [1.82, 2.24) is 0 Å². The Kier molecular flexibility index (Phi) is 6.31. The quantitative estimate of drug-likeness (QED) is 0.629. The lowest BCUT2D eigenvalue weighted by atomic mass is 10.2. The molecule has 2 N–H and O–H groups in total. The number of primary sulfonamides is 1. The fraction of sp³-hybridized carbons (Fsp3) is 0.417. The first kappa shape index (κ1) is 18.5. The summed E-state index contributed by atoms with van der Waals surface area (Å²) in [7, 11) is -4.15. The number of ether oxygens (including phenoxy) is 1. The van der Waals surface area contributed by atoms with Crippen LogP contribution in [0.2, 0.25) is 15.1 Å². The van der Waals surface area contributed by atoms with Crippen molar-refractivity contribution in [2.45, 2.75) is 37.7 Å². The average Bonchev–Trinajstić information content (AvgIpc) is 2.32. The number of carbonyl (C=O) groups is 1. The zero-order valence-electron chi connectivity index (χ0n) is 11.3. The Morgan fingerprint density at radius 3 is 2.38 bits per heavy atom. The molecule has 1 aromatic carbocycles. The van der Waals surface area contributed by atoms with Crippen molar-refractivity contribution in [3.8, 4) is 0 Å². The van der Waals surface area contributed by atoms with E-state index in [1.165, 1.54) is 0 Å². The number of hydrogen-bond donors (Lipinski definition) is 1. The van der Waals surface area contributed by atoms with Crippen LogP contribution in [0.4, 0.5) is 0 Å². The molecule has 9 heteroatoms. The largest absolute Gasteiger partial charge is 0.459 e. The predicted octanol–water partition coefficient (Wildman–Crippen LogP) is 3.64. The fourth-order valence-electron chi connectivity index (χ4n) is 1.67. The number of carbonyl (C=O) groups excluding carboxylic acids is 1. The van der Waals surface area contributed by atoms with Crippen molar-refractivity contribution in [2.24, 2.45) is 5.14 Å². The molecule has 5 nitrogen and oxygen atoms in total. The molecule has 0 heterocycles. The molecule has 21 heavy (non-hydrogen) atoms. The Labute approximate surface area is 138 Å². The highest BCUT2D eigenvalue weighted by Gasteiger charge is 2.27. The van der Waals surface area contributed by atoms with Gasteiger partial charge < -0.3 is 4.74 Å². The first-order valence-corrected chi connectivity index (χ1v) is 8.68. The van der Waals surface area contributed by atoms with Gasteiger partial charge in [0.05, 0.1) is 26.7 Å². The maximum Gasteiger partial charge on any atom is 0.341 e. The zero-order valence-corrected chi connectivity index (χ0v) is 14.4. The summed E-state index contributed by atoms with van der Waals surface area (Å²) in [6.45, 7) is 3.64. The normalized spacial score (nSPS) is 13.0. The van der Waals surface area contributed by atoms with Crippen LogP contribution < -0.4 is 5.14 Å². The van der Waals surface area contributed by atoms with Crippen LogP contribution in [0.25, 0.3) is 0 Å². The number of nitrogens with two attached hydrogens (primary N) is 1. The Balaban J connectivity index is 3.36. The number of esters is 1. The van der Waals surface area contributed by atoms with Gasteiger partial charge in [0, 0.05) is 0 Å². The lowest BCUT2D eigenvalue weighted by Gasteiger charge is -2.15. The van der Waals surface area contributed by atoms with E-state index in [0.29, 0.717) is 6.42 Å². The van der Waals surface area contributed by atoms with Crippen molar-refractivity contribution in [3.05, 3.63) is 26.7 Å². The molecule has 1 aromatic rings. The standard InChI is InChI=1S/C12H14Cl3NO4S/c1-3-4-6(2)20-12(17)9-10(14)7(13)5-8(11(9)15)21(16,18)19/h5-6H,3-4H2,1-2H3,(H2,16,18,19). The molecule has 1 unspecified atom stereocenters. The number of rotatable bonds is 5. The van der Waals surface area contributed by atoms with Crippen LogP contribution in [-0.2, 0) is 14.8 Å². The smallest absolute Gasteiger partial charge is 0.341 e. The van der Waals surface area contributed by atoms with Gasteiger partial charge in [0.25, 0.3) is 0 Å². The Morgan fingerprint density at radius 2 is 1.90 bits per heavy atom. The number of benzene rings is 1. The third-order valence-corrected chi connectivity index (χ3v) is 4.86. The molecule has 0 bridgehead atoms. The third-order valence-electron chi connectivity index (χ3n) is 2.64. The highest BCUT2D eigenvalue weighted by molar-refractivity contribution is 7.89. The van der Waals surface area contributed by atoms with Crippen LogP contribution in [-0.4, -0.2) is 20.5 Å². The highest BCUT2D eigenvalue weighted by Crippen LogP contribution is 2.37. The van der Waals surface area contributed by atoms with Gasteiger partial charge >= 0.3 is 5.97 Å². The summed E-state index contributed by atoms with van der Waals surface area (Å²) in [5, 5.41) is 4.30. The molecule has 0 fully saturated rings. The van der Waals surface area contributed by atoms with E-state index in [1.807, 2.05) is 6.92 Å². The molecule has 0 amide bonds. The molecule has 0 radical (unpaired) electrons. The summed E-state index contributed by atoms with van der Waals surface area (Å²) in [6, 6.07) is 0.994. The fourth-order valence-corrected chi connectivity index (χ4v) is 3.40. The molecule has 1 rings (SSSR count). The summed E-state index contributed by atoms with van der Waals surface area (Å²) < 4.78 is 28.1. The molecule has 0 spiro atoms. The molecule has 0 aliphatic heterocycles. The van der Waals surface area contributed by atoms with Crippen LogP contribution in [0.15, 0.2) is 11.0 Å². The van der Waals surface area contributed by atoms with Crippen LogP contribution in [0, 0.1) is 0 Å². The Hall–Kier alpha value is -0.530. The van der Waals surface area contributed by atoms with Crippen molar-refractivity contribution >= 4 is 50.8 Å². The minimum absolute atomic E-state index is 0.153. The van der Waals surface area contributed by atoms with E-state index in [4.69, 9.17) is 44.7 Å². The lowest BCUT2D eigenvalue weighted by Crippen LogP contribution is -2.18. The molecule has 0 aliphatic rings. The van der Waals surface area contributed by atoms with Crippen LogP contribution in [0.3, 0.4) is 0 Å². The van der Waals surface area contributed by atoms with E-state index in [1.54, 1.807) is 6.92 Å². The maximum absolute atomic E-state index is 12.1. The molecule has 118 valence electrons. The second-order valence-corrected chi connectivity index (χ2v) is 7.10. The zero-order chi connectivity index (χ0) is 16.4. The lowest BCUT2D eigenvalue weighted by molar-refractivity contribution is 0.0323. The van der Waals surface area contributed by atoms with Crippen molar-refractivity contribution in [3.63, 3.8) is 0 Å². The third kappa shape index (κ3) is 4.47. The van der Waals surface area contributed by atoms with Gasteiger partial charge in [-0.1, -0.05) is 48.1 Å². The second-order valence-electron chi connectivity index (χ2n) is 4.41. The van der Waals surface area contributed by atoms with Crippen LogP contribution in [0.1, 0.15) is 37.0 Å². The predicted molar refractivity (Wildman–Crippen MR) is 82.6 cm³/mol. The van der Waals surface area contributed by atoms with Gasteiger partial charge in [-0.25, -0.2) is 18.4 Å². The van der Waals surface area contributed by atoms with E-state index in [9.17, 15) is 13.2 Å². The van der Waals surface area contributed by atoms with Gasteiger partial charge in [-0.2, -0.15) is 0 Å². The summed E-state index contributed by atoms with van der Waals surface area (Å²) >= 11 is 17.7. The monoisotopic (exact) mass is 373 g/mol. The van der Waals surface area contributed by atoms with Gasteiger partial charge in [-0.15, -0.1) is 0 Å². The molecule has 1 atom stereocenters. The van der Waals surface area contributed by atoms with Crippen molar-refractivity contribution < 1.29 is 17.9 Å². The summed E-state index contributed by atoms with van der Waals surface area (Å²) in [4.78, 5) is 11.6. The van der Waals surface area contributed by atoms with Crippen LogP contribution in [0.5, 0.6) is 0 Å². The molecular weight excluding hydrogens is 361 g/mol. The van der Waals surface area contributed by atoms with E-state index < -0.39 is 25.9 Å². The van der Waals surface area contributed by atoms with Gasteiger partial charge in [-0.05, 0) is 19.4 Å². The molecule has 0 saturated carbocycles. The number of hydrogen-bond acceptors (Lipinski definition) is 4. The molecule has 0 aliphatic carbocycles. The van der Waals surface area contributed by atoms with Crippen molar-refractivity contribution in [2.75, 3.05) is 0 Å². The number of sulfonamides is 1. The number of halogens is 3. The topological polar surface area (TPSA) is 86.5 Å². The average molecular weight is 375 g/mol.